The molecule has 1 rings (SSSR count). The lowest BCUT2D eigenvalue weighted by Crippen LogP contribution is -2.14. The van der Waals surface area contributed by atoms with Crippen molar-refractivity contribution in [1.29, 1.82) is 0 Å². The van der Waals surface area contributed by atoms with E-state index in [-0.39, 0.29) is 0 Å². The standard InChI is InChI=1S/C7H11N2PS2/c1-5-7-6-9(4)10(11,12-7)8(2)3/h1,6H,2-4H3. The second kappa shape index (κ2) is 3.43. The molecule has 0 saturated heterocycles. The minimum atomic E-state index is -1.62. The Balaban J connectivity index is 2.93. The number of hydrogen-bond donors (Lipinski definition) is 0. The fourth-order valence-corrected chi connectivity index (χ4v) is 5.55. The molecule has 12 heavy (non-hydrogen) atoms. The lowest BCUT2D eigenvalue weighted by atomic mass is 10.6. The van der Waals surface area contributed by atoms with Crippen molar-refractivity contribution in [3.63, 3.8) is 0 Å². The number of allylic oxidation sites excluding steroid dienone is 1. The van der Waals surface area contributed by atoms with E-state index in [2.05, 4.69) is 15.3 Å². The molecule has 0 saturated carbocycles. The van der Waals surface area contributed by atoms with Crippen LogP contribution in [0.1, 0.15) is 0 Å². The molecule has 0 radical (unpaired) electrons. The highest BCUT2D eigenvalue weighted by atomic mass is 32.9. The summed E-state index contributed by atoms with van der Waals surface area (Å²) in [7, 11) is 5.98. The van der Waals surface area contributed by atoms with Crippen molar-refractivity contribution in [2.45, 2.75) is 0 Å². The molecule has 5 heteroatoms. The summed E-state index contributed by atoms with van der Waals surface area (Å²) in [4.78, 5) is 0.939. The average molecular weight is 218 g/mol. The van der Waals surface area contributed by atoms with E-state index < -0.39 is 5.54 Å². The van der Waals surface area contributed by atoms with Crippen LogP contribution >= 0.6 is 16.9 Å². The van der Waals surface area contributed by atoms with E-state index in [4.69, 9.17) is 18.2 Å². The van der Waals surface area contributed by atoms with Crippen LogP contribution in [0, 0.1) is 12.3 Å². The molecule has 0 amide bonds. The van der Waals surface area contributed by atoms with Gasteiger partial charge in [0.25, 0.3) is 0 Å². The third-order valence-corrected chi connectivity index (χ3v) is 9.63. The van der Waals surface area contributed by atoms with Crippen LogP contribution in [0.4, 0.5) is 0 Å². The summed E-state index contributed by atoms with van der Waals surface area (Å²) >= 11 is 7.17. The normalized spacial score (nSPS) is 28.9. The first-order chi connectivity index (χ1) is 5.50. The highest BCUT2D eigenvalue weighted by molar-refractivity contribution is 8.71. The van der Waals surface area contributed by atoms with Crippen LogP contribution in [-0.2, 0) is 11.8 Å². The Kier molecular flexibility index (Phi) is 2.90. The van der Waals surface area contributed by atoms with Gasteiger partial charge in [0.15, 0.2) is 5.54 Å². The number of hydrogen-bond acceptors (Lipinski definition) is 2. The van der Waals surface area contributed by atoms with Gasteiger partial charge in [-0.15, -0.1) is 6.42 Å². The third-order valence-electron chi connectivity index (χ3n) is 1.57. The molecule has 66 valence electrons. The molecule has 0 bridgehead atoms. The summed E-state index contributed by atoms with van der Waals surface area (Å²) < 4.78 is 4.13. The molecule has 1 aliphatic rings. The molecular formula is C7H11N2PS2. The zero-order valence-electron chi connectivity index (χ0n) is 7.31. The summed E-state index contributed by atoms with van der Waals surface area (Å²) in [6.07, 6.45) is 7.25. The maximum Gasteiger partial charge on any atom is 0.160 e. The van der Waals surface area contributed by atoms with Gasteiger partial charge in [-0.05, 0) is 37.3 Å². The van der Waals surface area contributed by atoms with E-state index >= 15 is 0 Å². The molecule has 0 aromatic carbocycles. The zero-order valence-corrected chi connectivity index (χ0v) is 9.84. The fourth-order valence-electron chi connectivity index (χ4n) is 0.886. The zero-order chi connectivity index (χ0) is 9.35. The van der Waals surface area contributed by atoms with Crippen molar-refractivity contribution >= 4 is 28.7 Å². The maximum absolute atomic E-state index is 5.54. The van der Waals surface area contributed by atoms with E-state index in [1.165, 1.54) is 0 Å². The monoisotopic (exact) mass is 218 g/mol. The summed E-state index contributed by atoms with van der Waals surface area (Å²) in [5, 5.41) is 0. The largest absolute Gasteiger partial charge is 0.332 e. The highest BCUT2D eigenvalue weighted by Crippen LogP contribution is 2.69. The predicted molar refractivity (Wildman–Crippen MR) is 60.2 cm³/mol. The van der Waals surface area contributed by atoms with Gasteiger partial charge in [0.2, 0.25) is 0 Å². The topological polar surface area (TPSA) is 6.48 Å². The van der Waals surface area contributed by atoms with Gasteiger partial charge in [0, 0.05) is 13.2 Å². The molecule has 1 atom stereocenters. The molecule has 0 fully saturated rings. The van der Waals surface area contributed by atoms with Crippen molar-refractivity contribution < 1.29 is 0 Å². The van der Waals surface area contributed by atoms with Crippen LogP contribution in [0.5, 0.6) is 0 Å². The van der Waals surface area contributed by atoms with E-state index in [1.54, 1.807) is 11.4 Å². The van der Waals surface area contributed by atoms with Gasteiger partial charge >= 0.3 is 0 Å². The molecule has 0 aliphatic carbocycles. The number of rotatable bonds is 1. The Morgan fingerprint density at radius 1 is 1.75 bits per heavy atom. The van der Waals surface area contributed by atoms with Gasteiger partial charge in [-0.25, -0.2) is 0 Å². The highest BCUT2D eigenvalue weighted by Gasteiger charge is 2.31. The van der Waals surface area contributed by atoms with Crippen molar-refractivity contribution in [2.75, 3.05) is 21.1 Å². The predicted octanol–water partition coefficient (Wildman–Crippen LogP) is 1.93. The molecule has 1 heterocycles. The third kappa shape index (κ3) is 1.55. The second-order valence-electron chi connectivity index (χ2n) is 2.64. The van der Waals surface area contributed by atoms with E-state index in [9.17, 15) is 0 Å². The summed E-state index contributed by atoms with van der Waals surface area (Å²) in [5.41, 5.74) is -1.62. The Hall–Kier alpha value is 0.0600. The van der Waals surface area contributed by atoms with Crippen LogP contribution < -0.4 is 0 Å². The molecule has 2 nitrogen and oxygen atoms in total. The Bertz CT molecular complexity index is 303. The minimum absolute atomic E-state index is 0.939. The molecular weight excluding hydrogens is 207 g/mol. The van der Waals surface area contributed by atoms with Gasteiger partial charge in [-0.3, -0.25) is 4.67 Å². The van der Waals surface area contributed by atoms with Crippen LogP contribution in [0.2, 0.25) is 0 Å². The van der Waals surface area contributed by atoms with Crippen molar-refractivity contribution in [1.82, 2.24) is 9.34 Å². The average Bonchev–Trinajstić information content (AvgIpc) is 2.29. The first-order valence-electron chi connectivity index (χ1n) is 3.40. The number of terminal acetylenes is 1. The Morgan fingerprint density at radius 2 is 2.33 bits per heavy atom. The first kappa shape index (κ1) is 10.1. The molecule has 1 aliphatic heterocycles. The van der Waals surface area contributed by atoms with Crippen LogP contribution in [-0.4, -0.2) is 30.5 Å². The Labute approximate surface area is 82.9 Å². The van der Waals surface area contributed by atoms with Crippen molar-refractivity contribution in [3.8, 4) is 12.3 Å². The van der Waals surface area contributed by atoms with Crippen molar-refractivity contribution in [3.05, 3.63) is 11.1 Å². The van der Waals surface area contributed by atoms with Gasteiger partial charge in [0.1, 0.15) is 0 Å². The maximum atomic E-state index is 5.54. The smallest absolute Gasteiger partial charge is 0.160 e. The first-order valence-corrected chi connectivity index (χ1v) is 7.53. The summed E-state index contributed by atoms with van der Waals surface area (Å²) in [5.74, 6) is 2.62. The van der Waals surface area contributed by atoms with Crippen LogP contribution in [0.3, 0.4) is 0 Å². The molecule has 1 unspecified atom stereocenters. The SMILES string of the molecule is C#CC1=CN(C)P(=S)(N(C)C)S1. The minimum Gasteiger partial charge on any atom is -0.332 e. The van der Waals surface area contributed by atoms with Crippen LogP contribution in [0.15, 0.2) is 11.1 Å². The van der Waals surface area contributed by atoms with Gasteiger partial charge < -0.3 is 4.67 Å². The summed E-state index contributed by atoms with van der Waals surface area (Å²) in [6.45, 7) is 0. The molecule has 0 spiro atoms. The van der Waals surface area contributed by atoms with Crippen molar-refractivity contribution in [2.24, 2.45) is 0 Å². The Morgan fingerprint density at radius 3 is 2.58 bits per heavy atom. The van der Waals surface area contributed by atoms with E-state index in [0.29, 0.717) is 0 Å². The molecule has 0 N–H and O–H groups in total. The van der Waals surface area contributed by atoms with Gasteiger partial charge in [-0.1, -0.05) is 5.92 Å². The quantitative estimate of drug-likeness (QED) is 0.490. The lowest BCUT2D eigenvalue weighted by molar-refractivity contribution is 0.619. The lowest BCUT2D eigenvalue weighted by Gasteiger charge is -2.30. The van der Waals surface area contributed by atoms with Crippen LogP contribution in [0.25, 0.3) is 0 Å². The molecule has 0 aromatic rings. The second-order valence-corrected chi connectivity index (χ2v) is 9.97. The van der Waals surface area contributed by atoms with E-state index in [0.717, 1.165) is 4.91 Å². The summed E-state index contributed by atoms with van der Waals surface area (Å²) in [6, 6.07) is 0. The van der Waals surface area contributed by atoms with E-state index in [1.807, 2.05) is 27.3 Å². The van der Waals surface area contributed by atoms with Gasteiger partial charge in [0.05, 0.1) is 4.91 Å². The fraction of sp³-hybridized carbons (Fsp3) is 0.429. The molecule has 0 aromatic heterocycles. The number of nitrogens with zero attached hydrogens (tertiary/aromatic N) is 2. The van der Waals surface area contributed by atoms with Gasteiger partial charge in [-0.2, -0.15) is 0 Å².